The number of nitrogens with two attached hydrogens (primary N) is 2. The highest BCUT2D eigenvalue weighted by molar-refractivity contribution is 5.41. The van der Waals surface area contributed by atoms with E-state index in [1.54, 1.807) is 0 Å². The maximum absolute atomic E-state index is 5.77. The smallest absolute Gasteiger partial charge is 0.0314 e. The van der Waals surface area contributed by atoms with Crippen LogP contribution in [0.1, 0.15) is 77.7 Å². The largest absolute Gasteiger partial charge is 0.399 e. The third-order valence-electron chi connectivity index (χ3n) is 4.84. The van der Waals surface area contributed by atoms with Crippen LogP contribution < -0.4 is 11.5 Å². The monoisotopic (exact) mass is 304 g/mol. The minimum Gasteiger partial charge on any atom is -0.399 e. The van der Waals surface area contributed by atoms with Crippen LogP contribution in [0.15, 0.2) is 24.3 Å². The van der Waals surface area contributed by atoms with E-state index in [0.717, 1.165) is 12.2 Å². The van der Waals surface area contributed by atoms with Gasteiger partial charge in [-0.2, -0.15) is 0 Å². The summed E-state index contributed by atoms with van der Waals surface area (Å²) in [5.41, 5.74) is 13.9. The van der Waals surface area contributed by atoms with Gasteiger partial charge in [0.25, 0.3) is 0 Å². The highest BCUT2D eigenvalue weighted by Gasteiger charge is 2.19. The fourth-order valence-corrected chi connectivity index (χ4v) is 2.96. The lowest BCUT2D eigenvalue weighted by molar-refractivity contribution is 0.438. The van der Waals surface area contributed by atoms with E-state index in [4.69, 9.17) is 11.5 Å². The van der Waals surface area contributed by atoms with Gasteiger partial charge in [-0.1, -0.05) is 71.4 Å². The number of rotatable bonds is 11. The van der Waals surface area contributed by atoms with Crippen molar-refractivity contribution in [2.75, 3.05) is 12.3 Å². The van der Waals surface area contributed by atoms with Gasteiger partial charge < -0.3 is 11.5 Å². The lowest BCUT2D eigenvalue weighted by Crippen LogP contribution is -2.16. The van der Waals surface area contributed by atoms with Crippen LogP contribution in [0.25, 0.3) is 0 Å². The van der Waals surface area contributed by atoms with E-state index in [-0.39, 0.29) is 5.41 Å². The molecule has 0 aliphatic rings. The van der Waals surface area contributed by atoms with Gasteiger partial charge in [-0.25, -0.2) is 0 Å². The van der Waals surface area contributed by atoms with E-state index in [1.807, 2.05) is 12.1 Å². The Bertz CT molecular complexity index is 395. The van der Waals surface area contributed by atoms with Crippen molar-refractivity contribution in [1.82, 2.24) is 0 Å². The Kier molecular flexibility index (Phi) is 8.55. The van der Waals surface area contributed by atoms with E-state index in [2.05, 4.69) is 32.9 Å². The van der Waals surface area contributed by atoms with Crippen LogP contribution in [0, 0.1) is 5.92 Å². The van der Waals surface area contributed by atoms with Gasteiger partial charge in [0.05, 0.1) is 0 Å². The Hall–Kier alpha value is -1.02. The molecule has 0 saturated heterocycles. The van der Waals surface area contributed by atoms with E-state index in [1.165, 1.54) is 56.9 Å². The third kappa shape index (κ3) is 7.31. The molecule has 1 rings (SSSR count). The molecule has 0 saturated carbocycles. The van der Waals surface area contributed by atoms with Crippen molar-refractivity contribution < 1.29 is 0 Å². The quantitative estimate of drug-likeness (QED) is 0.432. The highest BCUT2D eigenvalue weighted by atomic mass is 14.5. The maximum atomic E-state index is 5.77. The summed E-state index contributed by atoms with van der Waals surface area (Å²) in [5, 5.41) is 0. The molecule has 1 aromatic rings. The molecule has 0 fully saturated rings. The third-order valence-corrected chi connectivity index (χ3v) is 4.84. The molecule has 0 amide bonds. The fourth-order valence-electron chi connectivity index (χ4n) is 2.96. The van der Waals surface area contributed by atoms with Crippen LogP contribution in [0.2, 0.25) is 0 Å². The molecule has 1 atom stereocenters. The standard InChI is InChI=1S/C20H36N2/c1-17(16-21)10-8-6-4-5-7-9-15-20(2,3)18-11-13-19(22)14-12-18/h11-14,17H,4-10,15-16,21-22H2,1-3H3. The molecular weight excluding hydrogens is 268 g/mol. The Morgan fingerprint density at radius 1 is 0.909 bits per heavy atom. The zero-order valence-corrected chi connectivity index (χ0v) is 14.9. The number of benzene rings is 1. The van der Waals surface area contributed by atoms with Crippen LogP contribution in [0.5, 0.6) is 0 Å². The predicted octanol–water partition coefficient (Wildman–Crippen LogP) is 5.26. The minimum absolute atomic E-state index is 0.254. The van der Waals surface area contributed by atoms with Crippen molar-refractivity contribution in [2.24, 2.45) is 11.7 Å². The molecule has 0 aliphatic carbocycles. The molecule has 22 heavy (non-hydrogen) atoms. The van der Waals surface area contributed by atoms with Gasteiger partial charge in [0, 0.05) is 5.69 Å². The number of anilines is 1. The van der Waals surface area contributed by atoms with Crippen LogP contribution in [0.3, 0.4) is 0 Å². The first-order valence-electron chi connectivity index (χ1n) is 9.02. The summed E-state index contributed by atoms with van der Waals surface area (Å²) in [6.45, 7) is 7.76. The van der Waals surface area contributed by atoms with Crippen LogP contribution >= 0.6 is 0 Å². The fraction of sp³-hybridized carbons (Fsp3) is 0.700. The molecule has 0 radical (unpaired) electrons. The summed E-state index contributed by atoms with van der Waals surface area (Å²) in [4.78, 5) is 0. The Balaban J connectivity index is 2.12. The van der Waals surface area contributed by atoms with E-state index < -0.39 is 0 Å². The van der Waals surface area contributed by atoms with E-state index >= 15 is 0 Å². The van der Waals surface area contributed by atoms with Gasteiger partial charge >= 0.3 is 0 Å². The summed E-state index contributed by atoms with van der Waals surface area (Å²) in [6.07, 6.45) is 10.7. The average molecular weight is 305 g/mol. The second kappa shape index (κ2) is 9.89. The van der Waals surface area contributed by atoms with Gasteiger partial charge in [-0.15, -0.1) is 0 Å². The molecule has 1 unspecified atom stereocenters. The van der Waals surface area contributed by atoms with Gasteiger partial charge in [0.15, 0.2) is 0 Å². The van der Waals surface area contributed by atoms with Crippen molar-refractivity contribution in [1.29, 1.82) is 0 Å². The van der Waals surface area contributed by atoms with Gasteiger partial charge in [-0.3, -0.25) is 0 Å². The molecule has 2 heteroatoms. The number of hydrogen-bond acceptors (Lipinski definition) is 2. The number of nitrogen functional groups attached to an aromatic ring is 1. The van der Waals surface area contributed by atoms with Crippen molar-refractivity contribution in [3.05, 3.63) is 29.8 Å². The van der Waals surface area contributed by atoms with E-state index in [0.29, 0.717) is 5.92 Å². The molecule has 0 aliphatic heterocycles. The minimum atomic E-state index is 0.254. The Morgan fingerprint density at radius 2 is 1.45 bits per heavy atom. The molecule has 0 bridgehead atoms. The van der Waals surface area contributed by atoms with Gasteiger partial charge in [0.1, 0.15) is 0 Å². The first-order chi connectivity index (χ1) is 10.5. The molecule has 0 aromatic heterocycles. The first kappa shape index (κ1) is 19.0. The van der Waals surface area contributed by atoms with Crippen molar-refractivity contribution in [3.8, 4) is 0 Å². The molecule has 0 spiro atoms. The molecule has 0 heterocycles. The predicted molar refractivity (Wildman–Crippen MR) is 99.0 cm³/mol. The maximum Gasteiger partial charge on any atom is 0.0314 e. The van der Waals surface area contributed by atoms with Gasteiger partial charge in [0.2, 0.25) is 0 Å². The molecular formula is C20H36N2. The number of unbranched alkanes of at least 4 members (excludes halogenated alkanes) is 5. The second-order valence-corrected chi connectivity index (χ2v) is 7.51. The summed E-state index contributed by atoms with van der Waals surface area (Å²) in [5.74, 6) is 0.695. The first-order valence-corrected chi connectivity index (χ1v) is 9.02. The lowest BCUT2D eigenvalue weighted by atomic mass is 9.80. The summed E-state index contributed by atoms with van der Waals surface area (Å²) in [7, 11) is 0. The highest BCUT2D eigenvalue weighted by Crippen LogP contribution is 2.30. The number of hydrogen-bond donors (Lipinski definition) is 2. The van der Waals surface area contributed by atoms with Crippen LogP contribution in [-0.2, 0) is 5.41 Å². The molecule has 2 nitrogen and oxygen atoms in total. The summed E-state index contributed by atoms with van der Waals surface area (Å²) < 4.78 is 0. The van der Waals surface area contributed by atoms with Gasteiger partial charge in [-0.05, 0) is 48.4 Å². The molecule has 126 valence electrons. The van der Waals surface area contributed by atoms with E-state index in [9.17, 15) is 0 Å². The van der Waals surface area contributed by atoms with Crippen molar-refractivity contribution >= 4 is 5.69 Å². The normalized spacial score (nSPS) is 13.3. The SMILES string of the molecule is CC(CN)CCCCCCCCC(C)(C)c1ccc(N)cc1. The average Bonchev–Trinajstić information content (AvgIpc) is 2.50. The second-order valence-electron chi connectivity index (χ2n) is 7.51. The van der Waals surface area contributed by atoms with Crippen molar-refractivity contribution in [3.63, 3.8) is 0 Å². The Morgan fingerprint density at radius 3 is 2.05 bits per heavy atom. The Labute approximate surface area is 137 Å². The molecule has 4 N–H and O–H groups in total. The van der Waals surface area contributed by atoms with Crippen LogP contribution in [0.4, 0.5) is 5.69 Å². The zero-order chi connectivity index (χ0) is 16.4. The zero-order valence-electron chi connectivity index (χ0n) is 14.9. The lowest BCUT2D eigenvalue weighted by Gasteiger charge is -2.25. The molecule has 1 aromatic carbocycles. The topological polar surface area (TPSA) is 52.0 Å². The van der Waals surface area contributed by atoms with Crippen molar-refractivity contribution in [2.45, 2.75) is 77.6 Å². The summed E-state index contributed by atoms with van der Waals surface area (Å²) in [6, 6.07) is 8.38. The summed E-state index contributed by atoms with van der Waals surface area (Å²) >= 11 is 0. The van der Waals surface area contributed by atoms with Crippen LogP contribution in [-0.4, -0.2) is 6.54 Å².